The fourth-order valence-corrected chi connectivity index (χ4v) is 7.05. The number of benzene rings is 3. The van der Waals surface area contributed by atoms with Crippen molar-refractivity contribution < 1.29 is 8.78 Å². The number of hydrogen-bond acceptors (Lipinski definition) is 0. The molecule has 0 saturated carbocycles. The molecule has 124 valence electrons. The third kappa shape index (κ3) is 3.25. The van der Waals surface area contributed by atoms with Gasteiger partial charge in [-0.25, -0.2) is 0 Å². The van der Waals surface area contributed by atoms with E-state index in [0.717, 1.165) is 6.07 Å². The Balaban J connectivity index is 2.14. The van der Waals surface area contributed by atoms with E-state index >= 15 is 0 Å². The second-order valence-corrected chi connectivity index (χ2v) is 10.6. The first-order valence-electron chi connectivity index (χ1n) is 8.06. The molecule has 0 aromatic heterocycles. The van der Waals surface area contributed by atoms with Gasteiger partial charge in [-0.05, 0) is 0 Å². The zero-order valence-electron chi connectivity index (χ0n) is 13.9. The van der Waals surface area contributed by atoms with E-state index in [4.69, 9.17) is 0 Å². The molecule has 3 rings (SSSR count). The molecule has 0 nitrogen and oxygen atoms in total. The maximum atomic E-state index is 14.5. The molecular weight excluding hydrogens is 321 g/mol. The minimum atomic E-state index is -2.19. The van der Waals surface area contributed by atoms with Gasteiger partial charge >= 0.3 is 142 Å². The van der Waals surface area contributed by atoms with Gasteiger partial charge in [0.05, 0.1) is 0 Å². The third-order valence-electron chi connectivity index (χ3n) is 4.74. The molecule has 0 bridgehead atoms. The van der Waals surface area contributed by atoms with Gasteiger partial charge in [-0.1, -0.05) is 0 Å². The van der Waals surface area contributed by atoms with Crippen molar-refractivity contribution in [3.8, 4) is 0 Å². The van der Waals surface area contributed by atoms with Crippen molar-refractivity contribution >= 4 is 17.9 Å². The monoisotopic (exact) mass is 342 g/mol. The van der Waals surface area contributed by atoms with E-state index in [2.05, 4.69) is 30.9 Å². The molecule has 0 saturated heterocycles. The second-order valence-electron chi connectivity index (χ2n) is 6.42. The number of hydrogen-bond donors (Lipinski definition) is 0. The summed E-state index contributed by atoms with van der Waals surface area (Å²) in [4.78, 5) is 0. The summed E-state index contributed by atoms with van der Waals surface area (Å²) in [5, 5.41) is 2.50. The SMILES string of the molecule is Cc1cc(F)cc(F)c1C[PH](C)(c1ccccc1)c1ccccc1. The van der Waals surface area contributed by atoms with Gasteiger partial charge in [-0.15, -0.1) is 0 Å². The Kier molecular flexibility index (Phi) is 4.78. The predicted octanol–water partition coefficient (Wildman–Crippen LogP) is 4.80. The van der Waals surface area contributed by atoms with E-state index in [9.17, 15) is 8.78 Å². The van der Waals surface area contributed by atoms with Gasteiger partial charge in [-0.3, -0.25) is 0 Å². The van der Waals surface area contributed by atoms with Crippen LogP contribution in [0, 0.1) is 18.6 Å². The summed E-state index contributed by atoms with van der Waals surface area (Å²) in [5.41, 5.74) is 1.30. The first kappa shape index (κ1) is 16.8. The molecule has 0 amide bonds. The second kappa shape index (κ2) is 6.83. The molecule has 0 spiro atoms. The molecule has 0 radical (unpaired) electrons. The average Bonchev–Trinajstić information content (AvgIpc) is 2.59. The van der Waals surface area contributed by atoms with Crippen molar-refractivity contribution in [1.82, 2.24) is 0 Å². The average molecular weight is 342 g/mol. The zero-order chi connectivity index (χ0) is 17.2. The molecule has 3 aromatic rings. The number of aryl methyl sites for hydroxylation is 1. The molecule has 0 heterocycles. The van der Waals surface area contributed by atoms with Crippen molar-refractivity contribution in [2.45, 2.75) is 13.1 Å². The summed E-state index contributed by atoms with van der Waals surface area (Å²) in [6.45, 7) is 4.03. The van der Waals surface area contributed by atoms with Crippen LogP contribution in [-0.2, 0) is 6.16 Å². The van der Waals surface area contributed by atoms with Crippen LogP contribution in [-0.4, -0.2) is 6.66 Å². The Morgan fingerprint density at radius 1 is 0.792 bits per heavy atom. The van der Waals surface area contributed by atoms with Gasteiger partial charge in [0, 0.05) is 0 Å². The van der Waals surface area contributed by atoms with Crippen LogP contribution in [0.1, 0.15) is 11.1 Å². The maximum absolute atomic E-state index is 14.5. The first-order valence-corrected chi connectivity index (χ1v) is 10.8. The molecule has 3 aromatic carbocycles. The van der Waals surface area contributed by atoms with Gasteiger partial charge in [0.1, 0.15) is 0 Å². The Bertz CT molecular complexity index is 766. The van der Waals surface area contributed by atoms with Crippen LogP contribution in [0.15, 0.2) is 72.8 Å². The van der Waals surface area contributed by atoms with Crippen LogP contribution in [0.4, 0.5) is 8.78 Å². The Morgan fingerprint density at radius 2 is 1.29 bits per heavy atom. The van der Waals surface area contributed by atoms with E-state index in [-0.39, 0.29) is 0 Å². The minimum absolute atomic E-state index is 0.446. The van der Waals surface area contributed by atoms with Crippen LogP contribution in [0.3, 0.4) is 0 Å². The topological polar surface area (TPSA) is 0 Å². The fourth-order valence-electron chi connectivity index (χ4n) is 3.29. The summed E-state index contributed by atoms with van der Waals surface area (Å²) >= 11 is 0. The Labute approximate surface area is 142 Å². The normalized spacial score (nSPS) is 12.2. The molecule has 0 unspecified atom stereocenters. The van der Waals surface area contributed by atoms with E-state index in [1.54, 1.807) is 6.92 Å². The zero-order valence-corrected chi connectivity index (χ0v) is 14.9. The van der Waals surface area contributed by atoms with Crippen LogP contribution in [0.5, 0.6) is 0 Å². The summed E-state index contributed by atoms with van der Waals surface area (Å²) in [5.74, 6) is -0.963. The van der Waals surface area contributed by atoms with E-state index < -0.39 is 18.9 Å². The molecule has 0 N–H and O–H groups in total. The Morgan fingerprint density at radius 3 is 1.75 bits per heavy atom. The summed E-state index contributed by atoms with van der Waals surface area (Å²) in [7, 11) is -2.19. The van der Waals surface area contributed by atoms with Crippen LogP contribution >= 0.6 is 7.26 Å². The fraction of sp³-hybridized carbons (Fsp3) is 0.143. The van der Waals surface area contributed by atoms with Crippen LogP contribution in [0.2, 0.25) is 0 Å². The Hall–Kier alpha value is -2.05. The molecule has 3 heteroatoms. The standard InChI is InChI=1S/C21H21F2P/c1-16-13-17(22)14-21(23)20(16)15-24(2,18-9-5-3-6-10-18)19-11-7-4-8-12-19/h3-14,24H,15H2,1-2H3. The van der Waals surface area contributed by atoms with Gasteiger partial charge in [0.25, 0.3) is 0 Å². The van der Waals surface area contributed by atoms with Gasteiger partial charge < -0.3 is 0 Å². The van der Waals surface area contributed by atoms with Crippen molar-refractivity contribution in [1.29, 1.82) is 0 Å². The van der Waals surface area contributed by atoms with Crippen molar-refractivity contribution in [3.05, 3.63) is 95.6 Å². The molecule has 0 aliphatic heterocycles. The van der Waals surface area contributed by atoms with E-state index in [0.29, 0.717) is 17.3 Å². The molecule has 0 aliphatic carbocycles. The molecule has 0 aliphatic rings. The van der Waals surface area contributed by atoms with Gasteiger partial charge in [-0.2, -0.15) is 0 Å². The molecule has 0 fully saturated rings. The summed E-state index contributed by atoms with van der Waals surface area (Å²) < 4.78 is 27.9. The van der Waals surface area contributed by atoms with Gasteiger partial charge in [0.2, 0.25) is 0 Å². The van der Waals surface area contributed by atoms with Crippen LogP contribution < -0.4 is 10.6 Å². The summed E-state index contributed by atoms with van der Waals surface area (Å²) in [6, 6.07) is 23.0. The van der Waals surface area contributed by atoms with Crippen molar-refractivity contribution in [3.63, 3.8) is 0 Å². The third-order valence-corrected chi connectivity index (χ3v) is 9.01. The van der Waals surface area contributed by atoms with E-state index in [1.807, 2.05) is 36.4 Å². The van der Waals surface area contributed by atoms with Crippen molar-refractivity contribution in [2.75, 3.05) is 6.66 Å². The van der Waals surface area contributed by atoms with E-state index in [1.165, 1.54) is 16.7 Å². The summed E-state index contributed by atoms with van der Waals surface area (Å²) in [6.07, 6.45) is 0.610. The van der Waals surface area contributed by atoms with Crippen LogP contribution in [0.25, 0.3) is 0 Å². The first-order chi connectivity index (χ1) is 11.5. The number of halogens is 2. The number of rotatable bonds is 4. The molecule has 24 heavy (non-hydrogen) atoms. The quantitative estimate of drug-likeness (QED) is 0.597. The molecule has 0 atom stereocenters. The molecular formula is C21H21F2P. The predicted molar refractivity (Wildman–Crippen MR) is 101 cm³/mol. The van der Waals surface area contributed by atoms with Crippen molar-refractivity contribution in [2.24, 2.45) is 0 Å². The van der Waals surface area contributed by atoms with Gasteiger partial charge in [0.15, 0.2) is 0 Å².